The minimum absolute atomic E-state index is 0.364. The summed E-state index contributed by atoms with van der Waals surface area (Å²) in [4.78, 5) is 13.6. The normalized spacial score (nSPS) is 17.6. The number of carboxylic acid groups (broad SMARTS) is 1. The molecule has 4 heteroatoms. The molecular weight excluding hydrogens is 252 g/mol. The van der Waals surface area contributed by atoms with Gasteiger partial charge in [0.1, 0.15) is 5.54 Å². The van der Waals surface area contributed by atoms with Crippen molar-refractivity contribution >= 4 is 11.7 Å². The van der Waals surface area contributed by atoms with E-state index in [2.05, 4.69) is 37.4 Å². The molecule has 1 aromatic rings. The van der Waals surface area contributed by atoms with Gasteiger partial charge in [0.25, 0.3) is 0 Å². The molecule has 1 saturated carbocycles. The Kier molecular flexibility index (Phi) is 4.04. The third-order valence-corrected chi connectivity index (χ3v) is 3.89. The van der Waals surface area contributed by atoms with Crippen LogP contribution in [0, 0.1) is 13.8 Å². The van der Waals surface area contributed by atoms with Gasteiger partial charge in [0, 0.05) is 25.3 Å². The minimum atomic E-state index is -0.909. The van der Waals surface area contributed by atoms with Crippen LogP contribution in [-0.2, 0) is 4.79 Å². The van der Waals surface area contributed by atoms with E-state index in [9.17, 15) is 9.90 Å². The van der Waals surface area contributed by atoms with Crippen molar-refractivity contribution in [2.24, 2.45) is 0 Å². The predicted molar refractivity (Wildman–Crippen MR) is 81.4 cm³/mol. The van der Waals surface area contributed by atoms with E-state index in [0.29, 0.717) is 12.6 Å². The van der Waals surface area contributed by atoms with Crippen LogP contribution in [0.2, 0.25) is 0 Å². The lowest BCUT2D eigenvalue weighted by molar-refractivity contribution is -0.143. The third-order valence-electron chi connectivity index (χ3n) is 3.89. The standard InChI is InChI=1S/C16H24N2O2/c1-11-5-8-14(12(2)9-11)18(4)10-16(3,15(19)20)17-13-6-7-13/h5,8-9,13,17H,6-7,10H2,1-4H3,(H,19,20). The van der Waals surface area contributed by atoms with E-state index in [1.54, 1.807) is 6.92 Å². The van der Waals surface area contributed by atoms with Crippen LogP contribution in [0.25, 0.3) is 0 Å². The van der Waals surface area contributed by atoms with E-state index >= 15 is 0 Å². The number of rotatable bonds is 6. The van der Waals surface area contributed by atoms with Gasteiger partial charge in [-0.2, -0.15) is 0 Å². The summed E-state index contributed by atoms with van der Waals surface area (Å²) in [6.45, 7) is 6.34. The molecule has 0 spiro atoms. The number of aryl methyl sites for hydroxylation is 2. The number of hydrogen-bond acceptors (Lipinski definition) is 3. The first-order chi connectivity index (χ1) is 9.32. The monoisotopic (exact) mass is 276 g/mol. The molecular formula is C16H24N2O2. The Morgan fingerprint density at radius 2 is 2.10 bits per heavy atom. The number of nitrogens with one attached hydrogen (secondary N) is 1. The van der Waals surface area contributed by atoms with E-state index in [0.717, 1.165) is 18.5 Å². The maximum Gasteiger partial charge on any atom is 0.325 e. The maximum absolute atomic E-state index is 11.6. The summed E-state index contributed by atoms with van der Waals surface area (Å²) in [5, 5.41) is 12.8. The number of nitrogens with zero attached hydrogens (tertiary/aromatic N) is 1. The van der Waals surface area contributed by atoms with Crippen molar-refractivity contribution in [3.63, 3.8) is 0 Å². The highest BCUT2D eigenvalue weighted by Gasteiger charge is 2.39. The summed E-state index contributed by atoms with van der Waals surface area (Å²) in [5.74, 6) is -0.791. The molecule has 1 aliphatic rings. The van der Waals surface area contributed by atoms with Crippen molar-refractivity contribution in [1.29, 1.82) is 0 Å². The van der Waals surface area contributed by atoms with Crippen LogP contribution >= 0.6 is 0 Å². The summed E-state index contributed by atoms with van der Waals surface area (Å²) in [7, 11) is 1.95. The van der Waals surface area contributed by atoms with E-state index in [1.807, 2.05) is 11.9 Å². The van der Waals surface area contributed by atoms with Gasteiger partial charge < -0.3 is 10.0 Å². The Balaban J connectivity index is 2.14. The quantitative estimate of drug-likeness (QED) is 0.837. The number of benzene rings is 1. The molecule has 4 nitrogen and oxygen atoms in total. The van der Waals surface area contributed by atoms with Gasteiger partial charge in [-0.1, -0.05) is 17.7 Å². The fourth-order valence-corrected chi connectivity index (χ4v) is 2.65. The molecule has 110 valence electrons. The van der Waals surface area contributed by atoms with Crippen molar-refractivity contribution in [2.45, 2.75) is 45.2 Å². The largest absolute Gasteiger partial charge is 0.480 e. The lowest BCUT2D eigenvalue weighted by atomic mass is 10.0. The van der Waals surface area contributed by atoms with Crippen LogP contribution < -0.4 is 10.2 Å². The topological polar surface area (TPSA) is 52.6 Å². The second-order valence-corrected chi connectivity index (χ2v) is 6.20. The van der Waals surface area contributed by atoms with Crippen LogP contribution in [-0.4, -0.2) is 36.2 Å². The summed E-state index contributed by atoms with van der Waals surface area (Å²) >= 11 is 0. The molecule has 0 radical (unpaired) electrons. The van der Waals surface area contributed by atoms with E-state index < -0.39 is 11.5 Å². The smallest absolute Gasteiger partial charge is 0.325 e. The number of carbonyl (C=O) groups is 1. The van der Waals surface area contributed by atoms with Crippen LogP contribution in [0.1, 0.15) is 30.9 Å². The fraction of sp³-hybridized carbons (Fsp3) is 0.562. The first-order valence-corrected chi connectivity index (χ1v) is 7.11. The van der Waals surface area contributed by atoms with Gasteiger partial charge in [-0.15, -0.1) is 0 Å². The Labute approximate surface area is 120 Å². The molecule has 0 aromatic heterocycles. The lowest BCUT2D eigenvalue weighted by Crippen LogP contribution is -2.57. The molecule has 0 bridgehead atoms. The van der Waals surface area contributed by atoms with Gasteiger partial charge in [0.05, 0.1) is 0 Å². The molecule has 0 aliphatic heterocycles. The Morgan fingerprint density at radius 1 is 1.45 bits per heavy atom. The Bertz CT molecular complexity index is 511. The molecule has 1 aliphatic carbocycles. The molecule has 0 saturated heterocycles. The number of likely N-dealkylation sites (N-methyl/N-ethyl adjacent to an activating group) is 1. The van der Waals surface area contributed by atoms with Crippen molar-refractivity contribution in [3.8, 4) is 0 Å². The molecule has 1 unspecified atom stereocenters. The summed E-state index contributed by atoms with van der Waals surface area (Å²) < 4.78 is 0. The number of anilines is 1. The maximum atomic E-state index is 11.6. The lowest BCUT2D eigenvalue weighted by Gasteiger charge is -2.33. The highest BCUT2D eigenvalue weighted by atomic mass is 16.4. The third kappa shape index (κ3) is 3.31. The predicted octanol–water partition coefficient (Wildman–Crippen LogP) is 2.33. The van der Waals surface area contributed by atoms with Crippen molar-refractivity contribution in [2.75, 3.05) is 18.5 Å². The van der Waals surface area contributed by atoms with E-state index in [-0.39, 0.29) is 0 Å². The van der Waals surface area contributed by atoms with E-state index in [4.69, 9.17) is 0 Å². The van der Waals surface area contributed by atoms with Gasteiger partial charge in [-0.3, -0.25) is 10.1 Å². The molecule has 2 N–H and O–H groups in total. The van der Waals surface area contributed by atoms with Crippen molar-refractivity contribution in [1.82, 2.24) is 5.32 Å². The first-order valence-electron chi connectivity index (χ1n) is 7.11. The van der Waals surface area contributed by atoms with Crippen molar-refractivity contribution in [3.05, 3.63) is 29.3 Å². The van der Waals surface area contributed by atoms with Crippen LogP contribution in [0.5, 0.6) is 0 Å². The minimum Gasteiger partial charge on any atom is -0.480 e. The average Bonchev–Trinajstić information content (AvgIpc) is 3.11. The summed E-state index contributed by atoms with van der Waals surface area (Å²) in [6.07, 6.45) is 2.16. The first kappa shape index (κ1) is 14.9. The van der Waals surface area contributed by atoms with Crippen LogP contribution in [0.3, 0.4) is 0 Å². The molecule has 1 aromatic carbocycles. The average molecular weight is 276 g/mol. The van der Waals surface area contributed by atoms with Gasteiger partial charge in [0.15, 0.2) is 0 Å². The summed E-state index contributed by atoms with van der Waals surface area (Å²) in [5.41, 5.74) is 2.57. The molecule has 1 atom stereocenters. The number of aliphatic carboxylic acids is 1. The van der Waals surface area contributed by atoms with Gasteiger partial charge in [0.2, 0.25) is 0 Å². The molecule has 0 amide bonds. The molecule has 0 heterocycles. The molecule has 20 heavy (non-hydrogen) atoms. The van der Waals surface area contributed by atoms with Gasteiger partial charge >= 0.3 is 5.97 Å². The molecule has 1 fully saturated rings. The fourth-order valence-electron chi connectivity index (χ4n) is 2.65. The van der Waals surface area contributed by atoms with Crippen LogP contribution in [0.15, 0.2) is 18.2 Å². The highest BCUT2D eigenvalue weighted by molar-refractivity contribution is 5.79. The zero-order valence-corrected chi connectivity index (χ0v) is 12.7. The van der Waals surface area contributed by atoms with Gasteiger partial charge in [-0.05, 0) is 45.2 Å². The zero-order chi connectivity index (χ0) is 14.9. The second-order valence-electron chi connectivity index (χ2n) is 6.20. The summed E-state index contributed by atoms with van der Waals surface area (Å²) in [6, 6.07) is 6.61. The second kappa shape index (κ2) is 5.44. The SMILES string of the molecule is Cc1ccc(N(C)CC(C)(NC2CC2)C(=O)O)c(C)c1. The van der Waals surface area contributed by atoms with Crippen LogP contribution in [0.4, 0.5) is 5.69 Å². The number of carboxylic acids is 1. The zero-order valence-electron chi connectivity index (χ0n) is 12.7. The molecule has 2 rings (SSSR count). The van der Waals surface area contributed by atoms with Gasteiger partial charge in [-0.25, -0.2) is 0 Å². The Hall–Kier alpha value is -1.55. The van der Waals surface area contributed by atoms with Crippen molar-refractivity contribution < 1.29 is 9.90 Å². The Morgan fingerprint density at radius 3 is 2.60 bits per heavy atom. The highest BCUT2D eigenvalue weighted by Crippen LogP contribution is 2.25. The number of hydrogen-bond donors (Lipinski definition) is 2. The van der Waals surface area contributed by atoms with E-state index in [1.165, 1.54) is 11.1 Å².